The summed E-state index contributed by atoms with van der Waals surface area (Å²) in [5, 5.41) is 7.78. The molecule has 1 aromatic carbocycles. The van der Waals surface area contributed by atoms with Gasteiger partial charge in [0.1, 0.15) is 0 Å². The van der Waals surface area contributed by atoms with Crippen molar-refractivity contribution in [1.29, 1.82) is 0 Å². The molecule has 6 heteroatoms. The maximum Gasteiger partial charge on any atom is 0.275 e. The second kappa shape index (κ2) is 8.63. The van der Waals surface area contributed by atoms with Crippen molar-refractivity contribution in [3.05, 3.63) is 71.4 Å². The first-order valence-electron chi connectivity index (χ1n) is 11.0. The molecule has 0 atom stereocenters. The molecule has 0 spiro atoms. The quantitative estimate of drug-likeness (QED) is 0.372. The highest BCUT2D eigenvalue weighted by molar-refractivity contribution is 7.13. The van der Waals surface area contributed by atoms with Crippen LogP contribution in [0.3, 0.4) is 0 Å². The molecule has 0 aliphatic heterocycles. The number of carbonyl (C=O) groups excluding carboxylic acids is 1. The lowest BCUT2D eigenvalue weighted by Gasteiger charge is -2.21. The Morgan fingerprint density at radius 3 is 2.71 bits per heavy atom. The summed E-state index contributed by atoms with van der Waals surface area (Å²) in [5.74, 6) is 0.666. The Bertz CT molecular complexity index is 1180. The monoisotopic (exact) mass is 430 g/mol. The Morgan fingerprint density at radius 1 is 1.16 bits per heavy atom. The minimum absolute atomic E-state index is 0.0244. The minimum Gasteiger partial charge on any atom is -0.337 e. The zero-order valence-electron chi connectivity index (χ0n) is 17.7. The molecule has 5 rings (SSSR count). The molecule has 1 aliphatic carbocycles. The molecule has 0 saturated heterocycles. The van der Waals surface area contributed by atoms with E-state index in [0.717, 1.165) is 46.5 Å². The normalized spacial score (nSPS) is 13.6. The van der Waals surface area contributed by atoms with Gasteiger partial charge in [0.05, 0.1) is 11.9 Å². The molecule has 0 radical (unpaired) electrons. The van der Waals surface area contributed by atoms with E-state index in [-0.39, 0.29) is 5.91 Å². The first-order valence-corrected chi connectivity index (χ1v) is 11.8. The van der Waals surface area contributed by atoms with Crippen LogP contribution in [0.4, 0.5) is 0 Å². The van der Waals surface area contributed by atoms with Gasteiger partial charge < -0.3 is 4.90 Å². The van der Waals surface area contributed by atoms with Crippen molar-refractivity contribution < 1.29 is 4.79 Å². The SMILES string of the molecule is CCCN(CC1CC1)C(=O)c1nn(Cc2ccccc2)c2nccc(-c3cccs3)c12. The van der Waals surface area contributed by atoms with Crippen LogP contribution in [0.5, 0.6) is 0 Å². The Morgan fingerprint density at radius 2 is 2.00 bits per heavy atom. The van der Waals surface area contributed by atoms with Gasteiger partial charge in [-0.05, 0) is 48.3 Å². The van der Waals surface area contributed by atoms with Crippen molar-refractivity contribution in [2.45, 2.75) is 32.7 Å². The number of hydrogen-bond donors (Lipinski definition) is 0. The lowest BCUT2D eigenvalue weighted by Crippen LogP contribution is -2.34. The summed E-state index contributed by atoms with van der Waals surface area (Å²) in [4.78, 5) is 21.5. The van der Waals surface area contributed by atoms with Gasteiger partial charge in [-0.2, -0.15) is 5.10 Å². The summed E-state index contributed by atoms with van der Waals surface area (Å²) in [6, 6.07) is 16.3. The number of hydrogen-bond acceptors (Lipinski definition) is 4. The van der Waals surface area contributed by atoms with E-state index in [1.807, 2.05) is 46.1 Å². The van der Waals surface area contributed by atoms with Gasteiger partial charge in [0.25, 0.3) is 5.91 Å². The molecule has 1 fully saturated rings. The lowest BCUT2D eigenvalue weighted by atomic mass is 10.1. The maximum absolute atomic E-state index is 13.7. The summed E-state index contributed by atoms with van der Waals surface area (Å²) in [7, 11) is 0. The van der Waals surface area contributed by atoms with Crippen molar-refractivity contribution in [2.24, 2.45) is 5.92 Å². The largest absolute Gasteiger partial charge is 0.337 e. The van der Waals surface area contributed by atoms with E-state index < -0.39 is 0 Å². The molecule has 1 saturated carbocycles. The highest BCUT2D eigenvalue weighted by atomic mass is 32.1. The summed E-state index contributed by atoms with van der Waals surface area (Å²) >= 11 is 1.67. The van der Waals surface area contributed by atoms with Gasteiger partial charge in [0.15, 0.2) is 11.3 Å². The molecule has 4 aromatic rings. The first-order chi connectivity index (χ1) is 15.2. The van der Waals surface area contributed by atoms with E-state index in [4.69, 9.17) is 5.10 Å². The Balaban J connectivity index is 1.64. The number of nitrogens with zero attached hydrogens (tertiary/aromatic N) is 4. The molecule has 31 heavy (non-hydrogen) atoms. The Labute approximate surface area is 186 Å². The lowest BCUT2D eigenvalue weighted by molar-refractivity contribution is 0.0743. The number of amides is 1. The van der Waals surface area contributed by atoms with Gasteiger partial charge in [0, 0.05) is 29.7 Å². The fourth-order valence-corrected chi connectivity index (χ4v) is 4.82. The van der Waals surface area contributed by atoms with Crippen LogP contribution < -0.4 is 0 Å². The number of fused-ring (bicyclic) bond motifs is 1. The van der Waals surface area contributed by atoms with Crippen molar-refractivity contribution in [3.8, 4) is 10.4 Å². The number of carbonyl (C=O) groups is 1. The van der Waals surface area contributed by atoms with Crippen LogP contribution in [-0.4, -0.2) is 38.7 Å². The summed E-state index contributed by atoms with van der Waals surface area (Å²) < 4.78 is 1.89. The second-order valence-corrected chi connectivity index (χ2v) is 9.17. The number of pyridine rings is 1. The Kier molecular flexibility index (Phi) is 5.55. The number of benzene rings is 1. The van der Waals surface area contributed by atoms with Gasteiger partial charge in [-0.1, -0.05) is 43.3 Å². The topological polar surface area (TPSA) is 51.0 Å². The highest BCUT2D eigenvalue weighted by Crippen LogP contribution is 2.35. The van der Waals surface area contributed by atoms with Gasteiger partial charge in [0.2, 0.25) is 0 Å². The van der Waals surface area contributed by atoms with Crippen molar-refractivity contribution in [2.75, 3.05) is 13.1 Å². The summed E-state index contributed by atoms with van der Waals surface area (Å²) in [5.41, 5.74) is 3.46. The van der Waals surface area contributed by atoms with Crippen LogP contribution in [0, 0.1) is 5.92 Å². The molecule has 0 unspecified atom stereocenters. The Hall–Kier alpha value is -2.99. The van der Waals surface area contributed by atoms with Crippen LogP contribution in [0.1, 0.15) is 42.2 Å². The average molecular weight is 431 g/mol. The third kappa shape index (κ3) is 4.12. The predicted molar refractivity (Wildman–Crippen MR) is 125 cm³/mol. The molecule has 1 aliphatic rings. The van der Waals surface area contributed by atoms with Crippen LogP contribution in [-0.2, 0) is 6.54 Å². The van der Waals surface area contributed by atoms with Gasteiger partial charge in [-0.3, -0.25) is 4.79 Å². The van der Waals surface area contributed by atoms with Crippen molar-refractivity contribution >= 4 is 28.3 Å². The van der Waals surface area contributed by atoms with Crippen molar-refractivity contribution in [3.63, 3.8) is 0 Å². The van der Waals surface area contributed by atoms with E-state index in [1.165, 1.54) is 12.8 Å². The predicted octanol–water partition coefficient (Wildman–Crippen LogP) is 5.47. The highest BCUT2D eigenvalue weighted by Gasteiger charge is 2.30. The van der Waals surface area contributed by atoms with E-state index in [2.05, 4.69) is 35.5 Å². The maximum atomic E-state index is 13.7. The van der Waals surface area contributed by atoms with Crippen molar-refractivity contribution in [1.82, 2.24) is 19.7 Å². The zero-order chi connectivity index (χ0) is 21.2. The standard InChI is InChI=1S/C25H26N4OS/c1-2-14-28(16-19-10-11-19)25(30)23-22-20(21-9-6-15-31-21)12-13-26-24(22)29(27-23)17-18-7-4-3-5-8-18/h3-9,12-13,15,19H,2,10-11,14,16-17H2,1H3. The van der Waals surface area contributed by atoms with E-state index in [1.54, 1.807) is 11.3 Å². The molecule has 0 bridgehead atoms. The average Bonchev–Trinajstić information content (AvgIpc) is 3.30. The van der Waals surface area contributed by atoms with Gasteiger partial charge in [-0.25, -0.2) is 9.67 Å². The first kappa shape index (κ1) is 19.9. The molecule has 158 valence electrons. The fourth-order valence-electron chi connectivity index (χ4n) is 4.06. The molecule has 3 aromatic heterocycles. The molecule has 3 heterocycles. The number of aromatic nitrogens is 3. The van der Waals surface area contributed by atoms with E-state index in [0.29, 0.717) is 18.2 Å². The zero-order valence-corrected chi connectivity index (χ0v) is 18.5. The molecular weight excluding hydrogens is 404 g/mol. The smallest absolute Gasteiger partial charge is 0.275 e. The van der Waals surface area contributed by atoms with Crippen LogP contribution in [0.15, 0.2) is 60.1 Å². The van der Waals surface area contributed by atoms with Gasteiger partial charge in [-0.15, -0.1) is 11.3 Å². The second-order valence-electron chi connectivity index (χ2n) is 8.22. The van der Waals surface area contributed by atoms with E-state index in [9.17, 15) is 4.79 Å². The van der Waals surface area contributed by atoms with Crippen LogP contribution in [0.2, 0.25) is 0 Å². The minimum atomic E-state index is 0.0244. The number of thiophene rings is 1. The molecule has 1 amide bonds. The van der Waals surface area contributed by atoms with Crippen LogP contribution in [0.25, 0.3) is 21.5 Å². The van der Waals surface area contributed by atoms with E-state index >= 15 is 0 Å². The molecule has 0 N–H and O–H groups in total. The third-order valence-electron chi connectivity index (χ3n) is 5.75. The summed E-state index contributed by atoms with van der Waals surface area (Å²) in [6.07, 6.45) is 5.21. The molecule has 5 nitrogen and oxygen atoms in total. The summed E-state index contributed by atoms with van der Waals surface area (Å²) in [6.45, 7) is 4.30. The van der Waals surface area contributed by atoms with Gasteiger partial charge >= 0.3 is 0 Å². The third-order valence-corrected chi connectivity index (χ3v) is 6.66. The fraction of sp³-hybridized carbons (Fsp3) is 0.320. The number of rotatable bonds is 8. The molecular formula is C25H26N4OS. The van der Waals surface area contributed by atoms with Crippen LogP contribution >= 0.6 is 11.3 Å².